The molecule has 0 saturated carbocycles. The van der Waals surface area contributed by atoms with Gasteiger partial charge in [0, 0.05) is 12.6 Å². The Hall–Kier alpha value is -1.48. The summed E-state index contributed by atoms with van der Waals surface area (Å²) in [6.07, 6.45) is -9.99. The molecule has 0 bridgehead atoms. The van der Waals surface area contributed by atoms with E-state index in [-0.39, 0.29) is 19.4 Å². The zero-order chi connectivity index (χ0) is 15.3. The zero-order valence-corrected chi connectivity index (χ0v) is 9.78. The topological polar surface area (TPSA) is 58.2 Å². The van der Waals surface area contributed by atoms with E-state index in [2.05, 4.69) is 0 Å². The number of amides is 2. The predicted molar refractivity (Wildman–Crippen MR) is 52.0 cm³/mol. The van der Waals surface area contributed by atoms with Gasteiger partial charge in [-0.2, -0.15) is 26.3 Å². The van der Waals surface area contributed by atoms with Crippen molar-refractivity contribution < 1.29 is 35.9 Å². The standard InChI is InChI=1S/C9H12F6N2O2/c1-5(17-7(19)9(13,14)15)3-2-4-16-6(18)8(10,11)12/h5H,2-4H2,1H3,(H,16,18)(H,17,19). The monoisotopic (exact) mass is 294 g/mol. The number of hydrogen-bond donors (Lipinski definition) is 2. The SMILES string of the molecule is CC(CCCNC(=O)C(F)(F)F)NC(=O)C(F)(F)F. The summed E-state index contributed by atoms with van der Waals surface area (Å²) in [6.45, 7) is 0.930. The second-order valence-electron chi connectivity index (χ2n) is 3.77. The Morgan fingerprint density at radius 3 is 1.89 bits per heavy atom. The van der Waals surface area contributed by atoms with Gasteiger partial charge in [-0.1, -0.05) is 0 Å². The number of nitrogens with one attached hydrogen (secondary N) is 2. The molecule has 0 heterocycles. The summed E-state index contributed by atoms with van der Waals surface area (Å²) < 4.78 is 70.8. The van der Waals surface area contributed by atoms with Gasteiger partial charge in [0.2, 0.25) is 0 Å². The molecule has 0 aliphatic rings. The van der Waals surface area contributed by atoms with Crippen molar-refractivity contribution in [2.45, 2.75) is 38.2 Å². The molecule has 0 saturated heterocycles. The molecule has 2 N–H and O–H groups in total. The number of halogens is 6. The highest BCUT2D eigenvalue weighted by Gasteiger charge is 2.39. The summed E-state index contributed by atoms with van der Waals surface area (Å²) in [5.74, 6) is -4.22. The second-order valence-corrected chi connectivity index (χ2v) is 3.77. The second kappa shape index (κ2) is 6.62. The van der Waals surface area contributed by atoms with Crippen molar-refractivity contribution >= 4 is 11.8 Å². The van der Waals surface area contributed by atoms with Gasteiger partial charge in [-0.25, -0.2) is 0 Å². The van der Waals surface area contributed by atoms with E-state index in [0.717, 1.165) is 0 Å². The van der Waals surface area contributed by atoms with Crippen molar-refractivity contribution in [3.8, 4) is 0 Å². The normalized spacial score (nSPS) is 13.8. The molecule has 0 aromatic heterocycles. The highest BCUT2D eigenvalue weighted by Crippen LogP contribution is 2.15. The number of rotatable bonds is 5. The summed E-state index contributed by atoms with van der Waals surface area (Å²) in [7, 11) is 0. The van der Waals surface area contributed by atoms with E-state index in [1.54, 1.807) is 10.6 Å². The lowest BCUT2D eigenvalue weighted by Gasteiger charge is -2.15. The average Bonchev–Trinajstić information content (AvgIpc) is 2.21. The fourth-order valence-electron chi connectivity index (χ4n) is 1.09. The van der Waals surface area contributed by atoms with Crippen LogP contribution >= 0.6 is 0 Å². The molecule has 0 radical (unpaired) electrons. The first kappa shape index (κ1) is 17.5. The van der Waals surface area contributed by atoms with Crippen LogP contribution in [0.5, 0.6) is 0 Å². The number of hydrogen-bond acceptors (Lipinski definition) is 2. The van der Waals surface area contributed by atoms with Crippen molar-refractivity contribution in [3.05, 3.63) is 0 Å². The van der Waals surface area contributed by atoms with Crippen LogP contribution in [0.15, 0.2) is 0 Å². The van der Waals surface area contributed by atoms with Crippen molar-refractivity contribution in [3.63, 3.8) is 0 Å². The lowest BCUT2D eigenvalue weighted by molar-refractivity contribution is -0.174. The van der Waals surface area contributed by atoms with Crippen LogP contribution in [0.4, 0.5) is 26.3 Å². The number of carbonyl (C=O) groups excluding carboxylic acids is 2. The molecule has 1 atom stereocenters. The highest BCUT2D eigenvalue weighted by molar-refractivity contribution is 5.82. The van der Waals surface area contributed by atoms with Crippen LogP contribution in [-0.4, -0.2) is 36.8 Å². The zero-order valence-electron chi connectivity index (χ0n) is 9.78. The van der Waals surface area contributed by atoms with Gasteiger partial charge in [0.05, 0.1) is 0 Å². The Morgan fingerprint density at radius 1 is 1.00 bits per heavy atom. The molecule has 0 fully saturated rings. The van der Waals surface area contributed by atoms with Crippen LogP contribution < -0.4 is 10.6 Å². The molecule has 0 aromatic rings. The molecule has 0 rings (SSSR count). The molecule has 2 amide bonds. The maximum absolute atomic E-state index is 11.8. The fraction of sp³-hybridized carbons (Fsp3) is 0.778. The molecular formula is C9H12F6N2O2. The van der Waals surface area contributed by atoms with Gasteiger partial charge >= 0.3 is 24.2 Å². The molecule has 1 unspecified atom stereocenters. The first-order valence-corrected chi connectivity index (χ1v) is 5.17. The van der Waals surface area contributed by atoms with E-state index >= 15 is 0 Å². The Kier molecular flexibility index (Phi) is 6.10. The average molecular weight is 294 g/mol. The van der Waals surface area contributed by atoms with Gasteiger partial charge in [-0.3, -0.25) is 9.59 Å². The summed E-state index contributed by atoms with van der Waals surface area (Å²) in [5.41, 5.74) is 0. The third kappa shape index (κ3) is 7.52. The largest absolute Gasteiger partial charge is 0.471 e. The van der Waals surface area contributed by atoms with Crippen LogP contribution in [-0.2, 0) is 9.59 Å². The van der Waals surface area contributed by atoms with Gasteiger partial charge < -0.3 is 10.6 Å². The fourth-order valence-corrected chi connectivity index (χ4v) is 1.09. The van der Waals surface area contributed by atoms with Gasteiger partial charge in [0.25, 0.3) is 0 Å². The molecule has 0 aliphatic heterocycles. The van der Waals surface area contributed by atoms with Crippen molar-refractivity contribution in [1.29, 1.82) is 0 Å². The highest BCUT2D eigenvalue weighted by atomic mass is 19.4. The van der Waals surface area contributed by atoms with Crippen molar-refractivity contribution in [2.75, 3.05) is 6.54 Å². The Morgan fingerprint density at radius 2 is 1.47 bits per heavy atom. The molecule has 10 heteroatoms. The molecule has 4 nitrogen and oxygen atoms in total. The lowest BCUT2D eigenvalue weighted by Crippen LogP contribution is -2.42. The van der Waals surface area contributed by atoms with Crippen LogP contribution in [0.1, 0.15) is 19.8 Å². The number of carbonyl (C=O) groups is 2. The molecule has 0 aliphatic carbocycles. The van der Waals surface area contributed by atoms with E-state index in [9.17, 15) is 35.9 Å². The number of alkyl halides is 6. The summed E-state index contributed by atoms with van der Waals surface area (Å²) in [4.78, 5) is 20.9. The third-order valence-corrected chi connectivity index (χ3v) is 1.99. The quantitative estimate of drug-likeness (QED) is 0.596. The minimum Gasteiger partial charge on any atom is -0.348 e. The lowest BCUT2D eigenvalue weighted by atomic mass is 10.2. The Bertz CT molecular complexity index is 326. The van der Waals surface area contributed by atoms with Gasteiger partial charge in [0.1, 0.15) is 0 Å². The van der Waals surface area contributed by atoms with E-state index in [1.807, 2.05) is 0 Å². The van der Waals surface area contributed by atoms with E-state index in [0.29, 0.717) is 0 Å². The van der Waals surface area contributed by atoms with E-state index < -0.39 is 30.2 Å². The van der Waals surface area contributed by atoms with E-state index in [4.69, 9.17) is 0 Å². The van der Waals surface area contributed by atoms with Crippen LogP contribution in [0.3, 0.4) is 0 Å². The molecule has 0 aromatic carbocycles. The van der Waals surface area contributed by atoms with Gasteiger partial charge in [-0.05, 0) is 19.8 Å². The Balaban J connectivity index is 3.85. The predicted octanol–water partition coefficient (Wildman–Crippen LogP) is 1.51. The first-order valence-electron chi connectivity index (χ1n) is 5.17. The molecule has 112 valence electrons. The maximum Gasteiger partial charge on any atom is 0.471 e. The maximum atomic E-state index is 11.8. The van der Waals surface area contributed by atoms with Gasteiger partial charge in [-0.15, -0.1) is 0 Å². The van der Waals surface area contributed by atoms with Crippen LogP contribution in [0, 0.1) is 0 Å². The van der Waals surface area contributed by atoms with Gasteiger partial charge in [0.15, 0.2) is 0 Å². The molecule has 19 heavy (non-hydrogen) atoms. The van der Waals surface area contributed by atoms with Crippen molar-refractivity contribution in [2.24, 2.45) is 0 Å². The van der Waals surface area contributed by atoms with E-state index in [1.165, 1.54) is 6.92 Å². The summed E-state index contributed by atoms with van der Waals surface area (Å²) in [5, 5.41) is 3.20. The first-order chi connectivity index (χ1) is 8.44. The minimum absolute atomic E-state index is 0.0000425. The van der Waals surface area contributed by atoms with Crippen molar-refractivity contribution in [1.82, 2.24) is 10.6 Å². The van der Waals surface area contributed by atoms with Crippen LogP contribution in [0.25, 0.3) is 0 Å². The third-order valence-electron chi connectivity index (χ3n) is 1.99. The smallest absolute Gasteiger partial charge is 0.348 e. The summed E-state index contributed by atoms with van der Waals surface area (Å²) >= 11 is 0. The molecular weight excluding hydrogens is 282 g/mol. The molecule has 0 spiro atoms. The van der Waals surface area contributed by atoms with Crippen LogP contribution in [0.2, 0.25) is 0 Å². The summed E-state index contributed by atoms with van der Waals surface area (Å²) in [6, 6.07) is -0.864. The minimum atomic E-state index is -5.00. The Labute approximate surface area is 104 Å².